The summed E-state index contributed by atoms with van der Waals surface area (Å²) in [5.74, 6) is -4.46. The second-order valence-corrected chi connectivity index (χ2v) is 10.3. The van der Waals surface area contributed by atoms with Gasteiger partial charge in [0.1, 0.15) is 0 Å². The van der Waals surface area contributed by atoms with Crippen molar-refractivity contribution < 1.29 is 127 Å². The number of hydrogen-bond donors (Lipinski definition) is 0. The monoisotopic (exact) mass is 780 g/mol. The smallest absolute Gasteiger partial charge is 2.00 e. The third kappa shape index (κ3) is 55.5. The molecule has 0 aromatic carbocycles. The second-order valence-electron chi connectivity index (χ2n) is 10.3. The van der Waals surface area contributed by atoms with E-state index in [9.17, 15) is 39.6 Å². The standard InChI is InChI=1S/4C8H16O2.4O.3Ti/c4*1-3-5-6-7(4-2)8(9)10;;;;;;;/h4*7H,3-6H2,1-2H3,(H,9,10);;;;;;;/q;;;;4*-2;3*+4/p-4. The van der Waals surface area contributed by atoms with Gasteiger partial charge >= 0.3 is 65.2 Å². The normalized spacial score (nSPS) is 11.1. The largest absolute Gasteiger partial charge is 4.00 e. The van der Waals surface area contributed by atoms with Crippen LogP contribution in [-0.2, 0) is 106 Å². The van der Waals surface area contributed by atoms with Crippen molar-refractivity contribution in [2.24, 2.45) is 23.7 Å². The predicted octanol–water partition coefficient (Wildman–Crippen LogP) is 3.33. The minimum atomic E-state index is -0.893. The van der Waals surface area contributed by atoms with E-state index in [1.54, 1.807) is 0 Å². The molecule has 0 rings (SSSR count). The molecule has 0 aromatic heterocycles. The molecule has 0 saturated heterocycles. The van der Waals surface area contributed by atoms with E-state index in [0.717, 1.165) is 77.0 Å². The van der Waals surface area contributed by atoms with E-state index in [0.29, 0.717) is 25.7 Å². The molecule has 0 bridgehead atoms. The number of aliphatic carboxylic acids is 4. The summed E-state index contributed by atoms with van der Waals surface area (Å²) in [6.45, 7) is 15.8. The van der Waals surface area contributed by atoms with Gasteiger partial charge in [-0.1, -0.05) is 107 Å². The van der Waals surface area contributed by atoms with Crippen LogP contribution in [0.15, 0.2) is 0 Å². The van der Waals surface area contributed by atoms with Gasteiger partial charge in [-0.2, -0.15) is 0 Å². The quantitative estimate of drug-likeness (QED) is 0.165. The molecule has 0 radical (unpaired) electrons. The van der Waals surface area contributed by atoms with E-state index >= 15 is 0 Å². The van der Waals surface area contributed by atoms with Gasteiger partial charge in [0.25, 0.3) is 0 Å². The Kier molecular flexibility index (Phi) is 94.7. The van der Waals surface area contributed by atoms with Gasteiger partial charge < -0.3 is 61.5 Å². The third-order valence-corrected chi connectivity index (χ3v) is 6.93. The number of carbonyl (C=O) groups is 4. The Labute approximate surface area is 330 Å². The molecule has 4 unspecified atom stereocenters. The van der Waals surface area contributed by atoms with Gasteiger partial charge in [0.15, 0.2) is 0 Å². The van der Waals surface area contributed by atoms with Gasteiger partial charge in [-0.25, -0.2) is 0 Å². The number of carbonyl (C=O) groups excluding carboxylic acids is 4. The topological polar surface area (TPSA) is 275 Å². The molecule has 0 spiro atoms. The molecule has 0 amide bonds. The number of rotatable bonds is 20. The minimum Gasteiger partial charge on any atom is -2.00 e. The van der Waals surface area contributed by atoms with E-state index in [2.05, 4.69) is 27.7 Å². The van der Waals surface area contributed by atoms with Crippen LogP contribution in [0.3, 0.4) is 0 Å². The van der Waals surface area contributed by atoms with Crippen LogP contribution in [0.25, 0.3) is 0 Å². The van der Waals surface area contributed by atoms with Gasteiger partial charge in [0, 0.05) is 23.9 Å². The van der Waals surface area contributed by atoms with Crippen LogP contribution in [0.4, 0.5) is 0 Å². The molecule has 4 atom stereocenters. The molecule has 0 aliphatic heterocycles. The zero-order valence-electron chi connectivity index (χ0n) is 30.0. The maximum atomic E-state index is 10.3. The Bertz CT molecular complexity index is 526. The summed E-state index contributed by atoms with van der Waals surface area (Å²) < 4.78 is 0. The number of carboxylic acids is 4. The predicted molar refractivity (Wildman–Crippen MR) is 156 cm³/mol. The fourth-order valence-electron chi connectivity index (χ4n) is 3.76. The molecule has 0 N–H and O–H groups in total. The average Bonchev–Trinajstić information content (AvgIpc) is 2.91. The molecule has 0 aliphatic rings. The van der Waals surface area contributed by atoms with Gasteiger partial charge in [0.2, 0.25) is 0 Å². The maximum Gasteiger partial charge on any atom is 4.00 e. The van der Waals surface area contributed by atoms with Crippen molar-refractivity contribution in [3.05, 3.63) is 0 Å². The van der Waals surface area contributed by atoms with Crippen LogP contribution in [0.1, 0.15) is 158 Å². The number of unbranched alkanes of at least 4 members (excludes halogenated alkanes) is 4. The first-order valence-electron chi connectivity index (χ1n) is 15.7. The van der Waals surface area contributed by atoms with Crippen molar-refractivity contribution in [3.8, 4) is 0 Å². The van der Waals surface area contributed by atoms with Gasteiger partial charge in [-0.15, -0.1) is 0 Å². The van der Waals surface area contributed by atoms with Crippen LogP contribution in [0.5, 0.6) is 0 Å². The molecule has 15 heteroatoms. The number of hydrogen-bond acceptors (Lipinski definition) is 8. The molecule has 0 heterocycles. The Morgan fingerprint density at radius 3 is 0.553 bits per heavy atom. The number of carboxylic acid groups (broad SMARTS) is 4. The van der Waals surface area contributed by atoms with E-state index in [-0.39, 0.29) is 111 Å². The third-order valence-electron chi connectivity index (χ3n) is 6.93. The molecule has 272 valence electrons. The van der Waals surface area contributed by atoms with Crippen LogP contribution >= 0.6 is 0 Å². The Hall–Kier alpha value is -0.137. The molecule has 0 fully saturated rings. The summed E-state index contributed by atoms with van der Waals surface area (Å²) in [5, 5.41) is 41.3. The van der Waals surface area contributed by atoms with Crippen molar-refractivity contribution in [1.29, 1.82) is 0 Å². The zero-order chi connectivity index (χ0) is 31.9. The first-order valence-corrected chi connectivity index (χ1v) is 15.7. The molecule has 12 nitrogen and oxygen atoms in total. The van der Waals surface area contributed by atoms with Crippen molar-refractivity contribution in [2.45, 2.75) is 158 Å². The van der Waals surface area contributed by atoms with Gasteiger partial charge in [-0.3, -0.25) is 0 Å². The summed E-state index contributed by atoms with van der Waals surface area (Å²) in [5.41, 5.74) is 0. The first-order chi connectivity index (χ1) is 18.9. The van der Waals surface area contributed by atoms with E-state index in [4.69, 9.17) is 0 Å². The fraction of sp³-hybridized carbons (Fsp3) is 0.875. The van der Waals surface area contributed by atoms with E-state index in [1.807, 2.05) is 27.7 Å². The average molecular weight is 780 g/mol. The fourth-order valence-corrected chi connectivity index (χ4v) is 3.76. The zero-order valence-corrected chi connectivity index (χ0v) is 34.7. The van der Waals surface area contributed by atoms with Crippen molar-refractivity contribution in [3.63, 3.8) is 0 Å². The summed E-state index contributed by atoms with van der Waals surface area (Å²) in [6, 6.07) is 0. The van der Waals surface area contributed by atoms with Crippen molar-refractivity contribution >= 4 is 23.9 Å². The van der Waals surface area contributed by atoms with Crippen molar-refractivity contribution in [2.75, 3.05) is 0 Å². The summed E-state index contributed by atoms with van der Waals surface area (Å²) in [4.78, 5) is 41.3. The molecule has 0 aliphatic carbocycles. The maximum absolute atomic E-state index is 10.3. The van der Waals surface area contributed by atoms with Gasteiger partial charge in [-0.05, 0) is 75.0 Å². The van der Waals surface area contributed by atoms with Crippen LogP contribution in [0.2, 0.25) is 0 Å². The van der Waals surface area contributed by atoms with E-state index in [1.165, 1.54) is 0 Å². The summed E-state index contributed by atoms with van der Waals surface area (Å²) in [6.07, 6.45) is 14.1. The van der Waals surface area contributed by atoms with Crippen molar-refractivity contribution in [1.82, 2.24) is 0 Å². The first kappa shape index (κ1) is 76.6. The molecular weight excluding hydrogens is 720 g/mol. The Morgan fingerprint density at radius 1 is 0.362 bits per heavy atom. The summed E-state index contributed by atoms with van der Waals surface area (Å²) >= 11 is 0. The van der Waals surface area contributed by atoms with E-state index < -0.39 is 23.9 Å². The van der Waals surface area contributed by atoms with Gasteiger partial charge in [0.05, 0.1) is 0 Å². The SMILES string of the molecule is CCCCC(CC)C(=O)[O-].CCCCC(CC)C(=O)[O-].CCCCC(CC)C(=O)[O-].CCCCC(CC)C(=O)[O-].[O-2].[O-2].[O-2].[O-2].[Ti+4].[Ti+4].[Ti+4]. The molecule has 0 aromatic rings. The summed E-state index contributed by atoms with van der Waals surface area (Å²) in [7, 11) is 0. The van der Waals surface area contributed by atoms with Crippen LogP contribution in [0, 0.1) is 23.7 Å². The Balaban J connectivity index is -0.0000000389. The molecule has 0 saturated carbocycles. The minimum absolute atomic E-state index is 0. The molecule has 47 heavy (non-hydrogen) atoms. The van der Waals surface area contributed by atoms with Crippen LogP contribution in [-0.4, -0.2) is 23.9 Å². The second kappa shape index (κ2) is 58.1. The van der Waals surface area contributed by atoms with Crippen LogP contribution < -0.4 is 20.4 Å². The molecular formula is C32H60O12Ti3. The Morgan fingerprint density at radius 2 is 0.489 bits per heavy atom.